The molecule has 4 saturated carbocycles. The third-order valence-corrected chi connectivity index (χ3v) is 8.43. The zero-order chi connectivity index (χ0) is 22.8. The molecular weight excluding hydrogens is 434 g/mol. The van der Waals surface area contributed by atoms with Crippen molar-refractivity contribution in [3.63, 3.8) is 0 Å². The fourth-order valence-electron chi connectivity index (χ4n) is 6.94. The molecule has 4 aliphatic carbocycles. The first-order valence-corrected chi connectivity index (χ1v) is 12.8. The standard InChI is InChI=1S/C26H36ClN5O/c1-32-17-29-15-22(32)4-5-28-6-7-30-21-2-3-24(27)23(11-21)25(33)31-16-26-12-18-8-19(13-26)10-20(9-18)14-26/h2-3,11,15,17-20,28,30H,4-10,12-14,16H2,1H3,(H,31,33). The predicted octanol–water partition coefficient (Wildman–Crippen LogP) is 4.26. The van der Waals surface area contributed by atoms with E-state index in [1.54, 1.807) is 0 Å². The molecule has 7 heteroatoms. The normalized spacial score (nSPS) is 27.6. The van der Waals surface area contributed by atoms with Gasteiger partial charge in [0.15, 0.2) is 0 Å². The average Bonchev–Trinajstić information content (AvgIpc) is 3.19. The summed E-state index contributed by atoms with van der Waals surface area (Å²) in [6, 6.07) is 5.64. The number of aryl methyl sites for hydroxylation is 1. The summed E-state index contributed by atoms with van der Waals surface area (Å²) in [5, 5.41) is 10.6. The Morgan fingerprint density at radius 3 is 2.52 bits per heavy atom. The van der Waals surface area contributed by atoms with E-state index in [-0.39, 0.29) is 5.91 Å². The fraction of sp³-hybridized carbons (Fsp3) is 0.615. The number of anilines is 1. The Morgan fingerprint density at radius 2 is 1.85 bits per heavy atom. The smallest absolute Gasteiger partial charge is 0.252 e. The van der Waals surface area contributed by atoms with Gasteiger partial charge in [-0.2, -0.15) is 0 Å². The third-order valence-electron chi connectivity index (χ3n) is 8.11. The van der Waals surface area contributed by atoms with Crippen LogP contribution in [0.2, 0.25) is 5.02 Å². The molecule has 1 aromatic carbocycles. The van der Waals surface area contributed by atoms with Crippen molar-refractivity contribution in [2.75, 3.05) is 31.5 Å². The Hall–Kier alpha value is -2.05. The molecule has 6 rings (SSSR count). The topological polar surface area (TPSA) is 71.0 Å². The van der Waals surface area contributed by atoms with Gasteiger partial charge in [-0.25, -0.2) is 4.98 Å². The van der Waals surface area contributed by atoms with Gasteiger partial charge in [0.1, 0.15) is 0 Å². The van der Waals surface area contributed by atoms with Crippen LogP contribution in [0.25, 0.3) is 0 Å². The predicted molar refractivity (Wildman–Crippen MR) is 133 cm³/mol. The zero-order valence-corrected chi connectivity index (χ0v) is 20.3. The number of imidazole rings is 1. The van der Waals surface area contributed by atoms with Crippen molar-refractivity contribution in [2.24, 2.45) is 30.2 Å². The van der Waals surface area contributed by atoms with E-state index in [4.69, 9.17) is 11.6 Å². The lowest BCUT2D eigenvalue weighted by Crippen LogP contribution is -2.51. The highest BCUT2D eigenvalue weighted by Crippen LogP contribution is 2.59. The second-order valence-corrected chi connectivity index (χ2v) is 11.1. The first kappa shape index (κ1) is 22.7. The number of benzene rings is 1. The van der Waals surface area contributed by atoms with Gasteiger partial charge in [-0.1, -0.05) is 11.6 Å². The van der Waals surface area contributed by atoms with E-state index in [0.717, 1.165) is 56.0 Å². The highest BCUT2D eigenvalue weighted by molar-refractivity contribution is 6.34. The van der Waals surface area contributed by atoms with Gasteiger partial charge < -0.3 is 20.5 Å². The summed E-state index contributed by atoms with van der Waals surface area (Å²) >= 11 is 6.40. The fourth-order valence-corrected chi connectivity index (χ4v) is 7.14. The van der Waals surface area contributed by atoms with Crippen molar-refractivity contribution in [2.45, 2.75) is 44.9 Å². The summed E-state index contributed by atoms with van der Waals surface area (Å²) in [5.74, 6) is 2.62. The number of amides is 1. The number of rotatable bonds is 10. The summed E-state index contributed by atoms with van der Waals surface area (Å²) < 4.78 is 2.05. The van der Waals surface area contributed by atoms with Gasteiger partial charge in [0.05, 0.1) is 16.9 Å². The monoisotopic (exact) mass is 469 g/mol. The van der Waals surface area contributed by atoms with Crippen LogP contribution in [0.5, 0.6) is 0 Å². The first-order chi connectivity index (χ1) is 16.0. The Balaban J connectivity index is 1.09. The summed E-state index contributed by atoms with van der Waals surface area (Å²) in [6.07, 6.45) is 12.8. The molecule has 1 heterocycles. The van der Waals surface area contributed by atoms with E-state index in [0.29, 0.717) is 16.0 Å². The van der Waals surface area contributed by atoms with Crippen molar-refractivity contribution < 1.29 is 4.79 Å². The van der Waals surface area contributed by atoms with E-state index in [1.807, 2.05) is 42.3 Å². The van der Waals surface area contributed by atoms with Crippen LogP contribution in [0, 0.1) is 23.2 Å². The van der Waals surface area contributed by atoms with Crippen molar-refractivity contribution in [3.8, 4) is 0 Å². The molecule has 1 aromatic heterocycles. The number of hydrogen-bond acceptors (Lipinski definition) is 4. The second kappa shape index (κ2) is 9.67. The maximum atomic E-state index is 13.0. The molecule has 0 atom stereocenters. The molecule has 178 valence electrons. The van der Waals surface area contributed by atoms with E-state index >= 15 is 0 Å². The van der Waals surface area contributed by atoms with Gasteiger partial charge in [0.25, 0.3) is 5.91 Å². The lowest BCUT2D eigenvalue weighted by atomic mass is 9.49. The SMILES string of the molecule is Cn1cncc1CCNCCNc1ccc(Cl)c(C(=O)NCC23CC4CC(CC(C4)C2)C3)c1. The molecule has 0 unspecified atom stereocenters. The second-order valence-electron chi connectivity index (χ2n) is 10.7. The van der Waals surface area contributed by atoms with E-state index < -0.39 is 0 Å². The Kier molecular flexibility index (Phi) is 6.66. The van der Waals surface area contributed by atoms with Crippen LogP contribution in [0.4, 0.5) is 5.69 Å². The van der Waals surface area contributed by atoms with Crippen LogP contribution in [-0.2, 0) is 13.5 Å². The molecule has 3 N–H and O–H groups in total. The van der Waals surface area contributed by atoms with Crippen LogP contribution in [0.3, 0.4) is 0 Å². The third kappa shape index (κ3) is 5.22. The van der Waals surface area contributed by atoms with Crippen molar-refractivity contribution >= 4 is 23.2 Å². The van der Waals surface area contributed by atoms with Crippen molar-refractivity contribution in [1.82, 2.24) is 20.2 Å². The quantitative estimate of drug-likeness (QED) is 0.454. The van der Waals surface area contributed by atoms with Gasteiger partial charge >= 0.3 is 0 Å². The molecule has 2 aromatic rings. The van der Waals surface area contributed by atoms with Crippen LogP contribution >= 0.6 is 11.6 Å². The summed E-state index contributed by atoms with van der Waals surface area (Å²) in [6.45, 7) is 3.32. The highest BCUT2D eigenvalue weighted by atomic mass is 35.5. The number of carbonyl (C=O) groups is 1. The van der Waals surface area contributed by atoms with Gasteiger partial charge in [0, 0.05) is 57.2 Å². The molecular formula is C26H36ClN5O. The van der Waals surface area contributed by atoms with Crippen LogP contribution in [-0.4, -0.2) is 41.6 Å². The molecule has 1 amide bonds. The van der Waals surface area contributed by atoms with Gasteiger partial charge in [0.2, 0.25) is 0 Å². The molecule has 33 heavy (non-hydrogen) atoms. The molecule has 4 aliphatic rings. The molecule has 0 saturated heterocycles. The first-order valence-electron chi connectivity index (χ1n) is 12.5. The average molecular weight is 470 g/mol. The minimum Gasteiger partial charge on any atom is -0.384 e. The lowest BCUT2D eigenvalue weighted by Gasteiger charge is -2.56. The maximum absolute atomic E-state index is 13.0. The molecule has 4 fully saturated rings. The molecule has 6 nitrogen and oxygen atoms in total. The number of hydrogen-bond donors (Lipinski definition) is 3. The van der Waals surface area contributed by atoms with Gasteiger partial charge in [-0.3, -0.25) is 4.79 Å². The summed E-state index contributed by atoms with van der Waals surface area (Å²) in [5.41, 5.74) is 3.04. The minimum absolute atomic E-state index is 0.0475. The Morgan fingerprint density at radius 1 is 1.12 bits per heavy atom. The van der Waals surface area contributed by atoms with Crippen molar-refractivity contribution in [3.05, 3.63) is 47.0 Å². The van der Waals surface area contributed by atoms with Gasteiger partial charge in [-0.15, -0.1) is 0 Å². The maximum Gasteiger partial charge on any atom is 0.252 e. The van der Waals surface area contributed by atoms with Crippen LogP contribution in [0.1, 0.15) is 54.6 Å². The number of halogens is 1. The summed E-state index contributed by atoms with van der Waals surface area (Å²) in [7, 11) is 2.02. The highest BCUT2D eigenvalue weighted by Gasteiger charge is 2.50. The Labute approximate surface area is 201 Å². The van der Waals surface area contributed by atoms with E-state index in [1.165, 1.54) is 44.2 Å². The number of nitrogens with one attached hydrogen (secondary N) is 3. The minimum atomic E-state index is -0.0475. The van der Waals surface area contributed by atoms with Gasteiger partial charge in [-0.05, 0) is 79.9 Å². The Bertz CT molecular complexity index is 952. The molecule has 0 spiro atoms. The van der Waals surface area contributed by atoms with Crippen molar-refractivity contribution in [1.29, 1.82) is 0 Å². The number of carbonyl (C=O) groups excluding carboxylic acids is 1. The molecule has 4 bridgehead atoms. The lowest BCUT2D eigenvalue weighted by molar-refractivity contribution is -0.0503. The van der Waals surface area contributed by atoms with Crippen LogP contribution in [0.15, 0.2) is 30.7 Å². The molecule has 0 radical (unpaired) electrons. The van der Waals surface area contributed by atoms with E-state index in [9.17, 15) is 4.79 Å². The molecule has 0 aliphatic heterocycles. The van der Waals surface area contributed by atoms with Crippen LogP contribution < -0.4 is 16.0 Å². The zero-order valence-electron chi connectivity index (χ0n) is 19.6. The number of nitrogens with zero attached hydrogens (tertiary/aromatic N) is 2. The van der Waals surface area contributed by atoms with E-state index in [2.05, 4.69) is 20.9 Å². The number of aromatic nitrogens is 2. The largest absolute Gasteiger partial charge is 0.384 e. The summed E-state index contributed by atoms with van der Waals surface area (Å²) in [4.78, 5) is 17.2.